The lowest BCUT2D eigenvalue weighted by Gasteiger charge is -2.16. The van der Waals surface area contributed by atoms with Crippen LogP contribution in [0.15, 0.2) is 0 Å². The zero-order valence-electron chi connectivity index (χ0n) is 12.6. The first kappa shape index (κ1) is 15.3. The van der Waals surface area contributed by atoms with Gasteiger partial charge in [0.05, 0.1) is 6.54 Å². The van der Waals surface area contributed by atoms with Gasteiger partial charge in [-0.15, -0.1) is 0 Å². The predicted octanol–water partition coefficient (Wildman–Crippen LogP) is 0.418. The monoisotopic (exact) mass is 294 g/mol. The predicted molar refractivity (Wildman–Crippen MR) is 79.6 cm³/mol. The number of ether oxygens (including phenoxy) is 1. The Kier molecular flexibility index (Phi) is 5.53. The molecule has 1 aromatic rings. The number of anilines is 2. The quantitative estimate of drug-likeness (QED) is 0.704. The second-order valence-electron chi connectivity index (χ2n) is 4.80. The Balaban J connectivity index is 2.02. The maximum Gasteiger partial charge on any atom is 0.323 e. The summed E-state index contributed by atoms with van der Waals surface area (Å²) < 4.78 is 5.50. The number of aromatic nitrogens is 3. The minimum absolute atomic E-state index is 0.0830. The van der Waals surface area contributed by atoms with E-state index in [1.54, 1.807) is 0 Å². The summed E-state index contributed by atoms with van der Waals surface area (Å²) in [6.45, 7) is 6.86. The Bertz CT molecular complexity index is 476. The van der Waals surface area contributed by atoms with Crippen molar-refractivity contribution in [1.29, 1.82) is 0 Å². The Morgan fingerprint density at radius 3 is 2.71 bits per heavy atom. The molecule has 0 unspecified atom stereocenters. The van der Waals surface area contributed by atoms with Crippen molar-refractivity contribution in [2.45, 2.75) is 26.7 Å². The van der Waals surface area contributed by atoms with Crippen molar-refractivity contribution in [2.75, 3.05) is 43.0 Å². The molecule has 0 spiro atoms. The number of hydrogen-bond donors (Lipinski definition) is 2. The van der Waals surface area contributed by atoms with E-state index < -0.39 is 0 Å². The van der Waals surface area contributed by atoms with Crippen molar-refractivity contribution >= 4 is 17.8 Å². The van der Waals surface area contributed by atoms with E-state index in [1.165, 1.54) is 6.92 Å². The van der Waals surface area contributed by atoms with E-state index in [0.717, 1.165) is 32.5 Å². The van der Waals surface area contributed by atoms with E-state index in [1.807, 2.05) is 6.92 Å². The average Bonchev–Trinajstić information content (AvgIpc) is 2.98. The number of nitrogens with one attached hydrogen (secondary N) is 2. The number of nitrogens with zero attached hydrogens (tertiary/aromatic N) is 4. The van der Waals surface area contributed by atoms with Gasteiger partial charge in [-0.3, -0.25) is 4.79 Å². The van der Waals surface area contributed by atoms with Gasteiger partial charge in [0.15, 0.2) is 0 Å². The fourth-order valence-electron chi connectivity index (χ4n) is 2.08. The molecule has 1 fully saturated rings. The van der Waals surface area contributed by atoms with Crippen LogP contribution < -0.4 is 20.3 Å². The van der Waals surface area contributed by atoms with Crippen LogP contribution in [0.3, 0.4) is 0 Å². The first-order chi connectivity index (χ1) is 10.2. The normalized spacial score (nSPS) is 14.1. The van der Waals surface area contributed by atoms with E-state index in [2.05, 4.69) is 30.5 Å². The second-order valence-corrected chi connectivity index (χ2v) is 4.80. The Hall–Kier alpha value is -2.12. The maximum atomic E-state index is 10.8. The molecule has 1 amide bonds. The second kappa shape index (κ2) is 7.61. The molecule has 0 radical (unpaired) electrons. The third kappa shape index (κ3) is 4.73. The summed E-state index contributed by atoms with van der Waals surface area (Å²) in [4.78, 5) is 25.9. The van der Waals surface area contributed by atoms with Crippen molar-refractivity contribution < 1.29 is 9.53 Å². The molecule has 1 aromatic heterocycles. The highest BCUT2D eigenvalue weighted by atomic mass is 16.5. The summed E-state index contributed by atoms with van der Waals surface area (Å²) >= 11 is 0. The Labute approximate surface area is 124 Å². The summed E-state index contributed by atoms with van der Waals surface area (Å²) in [7, 11) is 0. The molecule has 8 nitrogen and oxygen atoms in total. The molecule has 1 aliphatic heterocycles. The molecule has 0 bridgehead atoms. The van der Waals surface area contributed by atoms with Crippen molar-refractivity contribution in [3.8, 4) is 6.01 Å². The fourth-order valence-corrected chi connectivity index (χ4v) is 2.08. The molecule has 116 valence electrons. The summed E-state index contributed by atoms with van der Waals surface area (Å²) in [5.74, 6) is 1.08. The highest BCUT2D eigenvalue weighted by molar-refractivity contribution is 5.72. The lowest BCUT2D eigenvalue weighted by molar-refractivity contribution is -0.119. The van der Waals surface area contributed by atoms with Gasteiger partial charge in [0.2, 0.25) is 17.8 Å². The van der Waals surface area contributed by atoms with Gasteiger partial charge in [-0.25, -0.2) is 0 Å². The number of carbonyl (C=O) groups excluding carboxylic acids is 1. The van der Waals surface area contributed by atoms with Crippen LogP contribution in [-0.4, -0.2) is 53.6 Å². The van der Waals surface area contributed by atoms with Gasteiger partial charge in [0.25, 0.3) is 0 Å². The smallest absolute Gasteiger partial charge is 0.323 e. The van der Waals surface area contributed by atoms with Gasteiger partial charge in [0.1, 0.15) is 6.61 Å². The van der Waals surface area contributed by atoms with Crippen molar-refractivity contribution in [2.24, 2.45) is 0 Å². The molecule has 1 aliphatic rings. The number of hydrogen-bond acceptors (Lipinski definition) is 7. The first-order valence-corrected chi connectivity index (χ1v) is 7.31. The molecular formula is C13H22N6O2. The fraction of sp³-hybridized carbons (Fsp3) is 0.692. The summed E-state index contributed by atoms with van der Waals surface area (Å²) in [5.41, 5.74) is 0. The lowest BCUT2D eigenvalue weighted by Crippen LogP contribution is -2.26. The minimum atomic E-state index is -0.0830. The van der Waals surface area contributed by atoms with E-state index >= 15 is 0 Å². The van der Waals surface area contributed by atoms with Crippen LogP contribution in [-0.2, 0) is 4.79 Å². The van der Waals surface area contributed by atoms with E-state index in [0.29, 0.717) is 25.0 Å². The van der Waals surface area contributed by atoms with Gasteiger partial charge in [-0.2, -0.15) is 15.0 Å². The summed E-state index contributed by atoms with van der Waals surface area (Å²) in [5, 5.41) is 5.75. The first-order valence-electron chi connectivity index (χ1n) is 7.31. The van der Waals surface area contributed by atoms with E-state index in [-0.39, 0.29) is 11.9 Å². The molecule has 8 heteroatoms. The third-order valence-electron chi connectivity index (χ3n) is 3.03. The van der Waals surface area contributed by atoms with Crippen molar-refractivity contribution in [3.63, 3.8) is 0 Å². The molecule has 2 rings (SSSR count). The van der Waals surface area contributed by atoms with E-state index in [4.69, 9.17) is 4.74 Å². The van der Waals surface area contributed by atoms with Gasteiger partial charge < -0.3 is 20.3 Å². The molecule has 0 atom stereocenters. The lowest BCUT2D eigenvalue weighted by atomic mass is 10.4. The Morgan fingerprint density at radius 1 is 1.29 bits per heavy atom. The third-order valence-corrected chi connectivity index (χ3v) is 3.03. The Morgan fingerprint density at radius 2 is 2.05 bits per heavy atom. The average molecular weight is 294 g/mol. The van der Waals surface area contributed by atoms with Crippen LogP contribution in [0.5, 0.6) is 6.01 Å². The molecule has 2 heterocycles. The van der Waals surface area contributed by atoms with Gasteiger partial charge in [-0.05, 0) is 19.8 Å². The SMILES string of the molecule is CCNc1nc(OCCNC(C)=O)nc(N2CCCC2)n1. The van der Waals surface area contributed by atoms with Crippen LogP contribution >= 0.6 is 0 Å². The number of rotatable bonds is 7. The molecule has 0 aliphatic carbocycles. The molecule has 1 saturated heterocycles. The van der Waals surface area contributed by atoms with Gasteiger partial charge in [-0.1, -0.05) is 0 Å². The van der Waals surface area contributed by atoms with Crippen molar-refractivity contribution in [3.05, 3.63) is 0 Å². The highest BCUT2D eigenvalue weighted by Gasteiger charge is 2.17. The molecular weight excluding hydrogens is 272 g/mol. The van der Waals surface area contributed by atoms with Gasteiger partial charge in [0, 0.05) is 26.6 Å². The highest BCUT2D eigenvalue weighted by Crippen LogP contribution is 2.19. The summed E-state index contributed by atoms with van der Waals surface area (Å²) in [6, 6.07) is 0.285. The molecule has 0 aromatic carbocycles. The summed E-state index contributed by atoms with van der Waals surface area (Å²) in [6.07, 6.45) is 2.31. The zero-order chi connectivity index (χ0) is 15.1. The minimum Gasteiger partial charge on any atom is -0.461 e. The molecule has 0 saturated carbocycles. The standard InChI is InChI=1S/C13H22N6O2/c1-3-14-11-16-12(19-7-4-5-8-19)18-13(17-11)21-9-6-15-10(2)20/h3-9H2,1-2H3,(H,15,20)(H,14,16,17,18). The zero-order valence-corrected chi connectivity index (χ0v) is 12.6. The van der Waals surface area contributed by atoms with Crippen LogP contribution in [0, 0.1) is 0 Å². The van der Waals surface area contributed by atoms with Crippen molar-refractivity contribution in [1.82, 2.24) is 20.3 Å². The maximum absolute atomic E-state index is 10.8. The van der Waals surface area contributed by atoms with Crippen LogP contribution in [0.1, 0.15) is 26.7 Å². The number of carbonyl (C=O) groups is 1. The van der Waals surface area contributed by atoms with E-state index in [9.17, 15) is 4.79 Å². The van der Waals surface area contributed by atoms with Crippen LogP contribution in [0.4, 0.5) is 11.9 Å². The topological polar surface area (TPSA) is 92.3 Å². The van der Waals surface area contributed by atoms with Crippen LogP contribution in [0.2, 0.25) is 0 Å². The van der Waals surface area contributed by atoms with Gasteiger partial charge >= 0.3 is 6.01 Å². The molecule has 21 heavy (non-hydrogen) atoms. The largest absolute Gasteiger partial charge is 0.461 e. The van der Waals surface area contributed by atoms with Crippen LogP contribution in [0.25, 0.3) is 0 Å². The molecule has 2 N–H and O–H groups in total. The number of amides is 1.